The number of hydrogen-bond acceptors (Lipinski definition) is 4. The molecule has 1 N–H and O–H groups in total. The van der Waals surface area contributed by atoms with E-state index in [0.717, 1.165) is 0 Å². The lowest BCUT2D eigenvalue weighted by Gasteiger charge is -2.23. The van der Waals surface area contributed by atoms with Crippen LogP contribution in [-0.4, -0.2) is 36.1 Å². The van der Waals surface area contributed by atoms with Crippen LogP contribution >= 0.6 is 0 Å². The fourth-order valence-electron chi connectivity index (χ4n) is 0.848. The Hall–Kier alpha value is -1.68. The molecule has 64 valence electrons. The number of nitrogens with one attached hydrogen (secondary N) is 1. The lowest BCUT2D eigenvalue weighted by molar-refractivity contribution is -0.121. The number of isocyanates is 1. The van der Waals surface area contributed by atoms with E-state index < -0.39 is 6.03 Å². The largest absolute Gasteiger partial charge is 0.325 e. The molecule has 0 bridgehead atoms. The summed E-state index contributed by atoms with van der Waals surface area (Å²) < 4.78 is 0. The Bertz CT molecular complexity index is 257. The first-order chi connectivity index (χ1) is 5.74. The van der Waals surface area contributed by atoms with E-state index in [2.05, 4.69) is 10.3 Å². The van der Waals surface area contributed by atoms with Crippen LogP contribution in [0.3, 0.4) is 0 Å². The molecule has 1 heterocycles. The van der Waals surface area contributed by atoms with Crippen molar-refractivity contribution < 1.29 is 14.4 Å². The second-order valence-electron chi connectivity index (χ2n) is 2.26. The molecule has 1 rings (SSSR count). The van der Waals surface area contributed by atoms with Gasteiger partial charge in [-0.25, -0.2) is 9.59 Å². The molecule has 0 saturated carbocycles. The standard InChI is InChI=1S/C6H7N3O3/c10-4-7-3-9-2-1-5(11)8-6(9)12/h1-3H2,(H,8,11,12). The highest BCUT2D eigenvalue weighted by molar-refractivity contribution is 5.96. The second kappa shape index (κ2) is 3.64. The molecule has 0 spiro atoms. The smallest absolute Gasteiger partial charge is 0.303 e. The van der Waals surface area contributed by atoms with Gasteiger partial charge in [0.1, 0.15) is 6.67 Å². The molecule has 0 aromatic heterocycles. The predicted octanol–water partition coefficient (Wildman–Crippen LogP) is -0.778. The molecule has 3 amide bonds. The van der Waals surface area contributed by atoms with Gasteiger partial charge in [0.25, 0.3) is 0 Å². The van der Waals surface area contributed by atoms with Crippen LogP contribution in [-0.2, 0) is 9.59 Å². The van der Waals surface area contributed by atoms with Crippen molar-refractivity contribution in [3.8, 4) is 0 Å². The Morgan fingerprint density at radius 1 is 1.58 bits per heavy atom. The van der Waals surface area contributed by atoms with E-state index in [0.29, 0.717) is 6.54 Å². The molecule has 1 saturated heterocycles. The highest BCUT2D eigenvalue weighted by atomic mass is 16.2. The van der Waals surface area contributed by atoms with Gasteiger partial charge in [-0.2, -0.15) is 4.99 Å². The van der Waals surface area contributed by atoms with Crippen molar-refractivity contribution in [2.45, 2.75) is 6.42 Å². The van der Waals surface area contributed by atoms with Crippen LogP contribution in [0, 0.1) is 0 Å². The molecule has 12 heavy (non-hydrogen) atoms. The number of hydrogen-bond donors (Lipinski definition) is 1. The number of imide groups is 1. The number of amides is 3. The minimum Gasteiger partial charge on any atom is -0.303 e. The van der Waals surface area contributed by atoms with Gasteiger partial charge in [0, 0.05) is 13.0 Å². The van der Waals surface area contributed by atoms with Crippen LogP contribution in [0.4, 0.5) is 4.79 Å². The Kier molecular flexibility index (Phi) is 2.55. The lowest BCUT2D eigenvalue weighted by atomic mass is 10.3. The van der Waals surface area contributed by atoms with Crippen molar-refractivity contribution in [1.82, 2.24) is 10.2 Å². The first-order valence-electron chi connectivity index (χ1n) is 3.36. The van der Waals surface area contributed by atoms with Crippen molar-refractivity contribution in [3.05, 3.63) is 0 Å². The van der Waals surface area contributed by atoms with Crippen LogP contribution < -0.4 is 5.32 Å². The molecule has 6 nitrogen and oxygen atoms in total. The second-order valence-corrected chi connectivity index (χ2v) is 2.26. The Morgan fingerprint density at radius 2 is 2.33 bits per heavy atom. The zero-order valence-corrected chi connectivity index (χ0v) is 6.24. The summed E-state index contributed by atoms with van der Waals surface area (Å²) in [4.78, 5) is 35.7. The number of nitrogens with zero attached hydrogens (tertiary/aromatic N) is 2. The van der Waals surface area contributed by atoms with Gasteiger partial charge in [-0.05, 0) is 0 Å². The number of carbonyl (C=O) groups excluding carboxylic acids is 3. The van der Waals surface area contributed by atoms with E-state index in [1.165, 1.54) is 11.0 Å². The molecule has 0 radical (unpaired) electrons. The van der Waals surface area contributed by atoms with E-state index >= 15 is 0 Å². The average Bonchev–Trinajstić information content (AvgIpc) is 2.03. The van der Waals surface area contributed by atoms with E-state index in [9.17, 15) is 14.4 Å². The zero-order chi connectivity index (χ0) is 8.97. The minimum atomic E-state index is -0.509. The van der Waals surface area contributed by atoms with Crippen LogP contribution in [0.15, 0.2) is 4.99 Å². The number of aliphatic imine (C=N–C) groups is 1. The van der Waals surface area contributed by atoms with Gasteiger partial charge in [0.15, 0.2) is 0 Å². The highest BCUT2D eigenvalue weighted by Crippen LogP contribution is 1.99. The maximum atomic E-state index is 10.9. The third-order valence-corrected chi connectivity index (χ3v) is 1.45. The van der Waals surface area contributed by atoms with Crippen molar-refractivity contribution in [1.29, 1.82) is 0 Å². The Balaban J connectivity index is 2.50. The third-order valence-electron chi connectivity index (χ3n) is 1.45. The quantitative estimate of drug-likeness (QED) is 0.435. The Morgan fingerprint density at radius 3 is 2.92 bits per heavy atom. The van der Waals surface area contributed by atoms with Crippen LogP contribution in [0.25, 0.3) is 0 Å². The van der Waals surface area contributed by atoms with Gasteiger partial charge in [-0.3, -0.25) is 10.1 Å². The maximum absolute atomic E-state index is 10.9. The number of rotatable bonds is 2. The maximum Gasteiger partial charge on any atom is 0.325 e. The predicted molar refractivity (Wildman–Crippen MR) is 37.9 cm³/mol. The Labute approximate surface area is 68.2 Å². The van der Waals surface area contributed by atoms with Crippen molar-refractivity contribution in [2.24, 2.45) is 4.99 Å². The SMILES string of the molecule is O=C=NCN1CCC(=O)NC1=O. The van der Waals surface area contributed by atoms with Crippen molar-refractivity contribution >= 4 is 18.0 Å². The topological polar surface area (TPSA) is 78.8 Å². The van der Waals surface area contributed by atoms with Crippen LogP contribution in [0.5, 0.6) is 0 Å². The molecule has 1 aliphatic heterocycles. The third kappa shape index (κ3) is 1.90. The van der Waals surface area contributed by atoms with Gasteiger partial charge in [0.2, 0.25) is 12.0 Å². The summed E-state index contributed by atoms with van der Waals surface area (Å²) in [5.41, 5.74) is 0. The van der Waals surface area contributed by atoms with Crippen molar-refractivity contribution in [3.63, 3.8) is 0 Å². The molecule has 0 aromatic rings. The molecule has 6 heteroatoms. The van der Waals surface area contributed by atoms with Crippen molar-refractivity contribution in [2.75, 3.05) is 13.2 Å². The average molecular weight is 169 g/mol. The normalized spacial score (nSPS) is 16.8. The summed E-state index contributed by atoms with van der Waals surface area (Å²) in [6.45, 7) is 0.262. The van der Waals surface area contributed by atoms with E-state index in [1.54, 1.807) is 0 Å². The van der Waals surface area contributed by atoms with Gasteiger partial charge in [-0.15, -0.1) is 0 Å². The summed E-state index contributed by atoms with van der Waals surface area (Å²) >= 11 is 0. The summed E-state index contributed by atoms with van der Waals surface area (Å²) in [7, 11) is 0. The summed E-state index contributed by atoms with van der Waals surface area (Å²) in [6.07, 6.45) is 1.57. The van der Waals surface area contributed by atoms with Gasteiger partial charge >= 0.3 is 6.03 Å². The molecule has 1 aliphatic rings. The summed E-state index contributed by atoms with van der Waals surface area (Å²) in [5, 5.41) is 2.10. The minimum absolute atomic E-state index is 0.0391. The zero-order valence-electron chi connectivity index (χ0n) is 6.24. The van der Waals surface area contributed by atoms with Crippen LogP contribution in [0.1, 0.15) is 6.42 Å². The molecule has 0 unspecified atom stereocenters. The lowest BCUT2D eigenvalue weighted by Crippen LogP contribution is -2.49. The monoisotopic (exact) mass is 169 g/mol. The fourth-order valence-corrected chi connectivity index (χ4v) is 0.848. The van der Waals surface area contributed by atoms with E-state index in [4.69, 9.17) is 0 Å². The number of carbonyl (C=O) groups is 2. The van der Waals surface area contributed by atoms with Crippen LogP contribution in [0.2, 0.25) is 0 Å². The molecule has 0 atom stereocenters. The van der Waals surface area contributed by atoms with Gasteiger partial charge in [0.05, 0.1) is 0 Å². The number of urea groups is 1. The molecular weight excluding hydrogens is 162 g/mol. The molecule has 0 aliphatic carbocycles. The van der Waals surface area contributed by atoms with E-state index in [1.807, 2.05) is 0 Å². The van der Waals surface area contributed by atoms with Gasteiger partial charge < -0.3 is 4.90 Å². The first kappa shape index (κ1) is 8.42. The molecular formula is C6H7N3O3. The van der Waals surface area contributed by atoms with E-state index in [-0.39, 0.29) is 19.0 Å². The first-order valence-corrected chi connectivity index (χ1v) is 3.36. The summed E-state index contributed by atoms with van der Waals surface area (Å²) in [6, 6.07) is -0.509. The van der Waals surface area contributed by atoms with Gasteiger partial charge in [-0.1, -0.05) is 0 Å². The summed E-state index contributed by atoms with van der Waals surface area (Å²) in [5.74, 6) is -0.300. The molecule has 1 fully saturated rings. The molecule has 0 aromatic carbocycles. The highest BCUT2D eigenvalue weighted by Gasteiger charge is 2.21. The fraction of sp³-hybridized carbons (Fsp3) is 0.500.